The van der Waals surface area contributed by atoms with Crippen LogP contribution in [0.5, 0.6) is 0 Å². The maximum absolute atomic E-state index is 13.0. The predicted octanol–water partition coefficient (Wildman–Crippen LogP) is 4.13. The van der Waals surface area contributed by atoms with Gasteiger partial charge >= 0.3 is 0 Å². The van der Waals surface area contributed by atoms with Crippen molar-refractivity contribution in [3.63, 3.8) is 0 Å². The molecule has 1 amide bonds. The molecule has 7 nitrogen and oxygen atoms in total. The summed E-state index contributed by atoms with van der Waals surface area (Å²) in [4.78, 5) is 25.5. The van der Waals surface area contributed by atoms with Gasteiger partial charge in [0, 0.05) is 29.6 Å². The Labute approximate surface area is 196 Å². The number of nitrogens with one attached hydrogen (secondary N) is 1. The fourth-order valence-corrected chi connectivity index (χ4v) is 4.29. The molecule has 8 heteroatoms. The van der Waals surface area contributed by atoms with E-state index >= 15 is 0 Å². The van der Waals surface area contributed by atoms with Gasteiger partial charge in [-0.3, -0.25) is 9.59 Å². The summed E-state index contributed by atoms with van der Waals surface area (Å²) in [6, 6.07) is 17.3. The molecule has 1 fully saturated rings. The van der Waals surface area contributed by atoms with E-state index in [1.807, 2.05) is 37.3 Å². The number of halogens is 1. The Bertz CT molecular complexity index is 1370. The first-order valence-electron chi connectivity index (χ1n) is 11.0. The van der Waals surface area contributed by atoms with Crippen molar-refractivity contribution in [3.8, 4) is 5.69 Å². The first-order chi connectivity index (χ1) is 15.9. The summed E-state index contributed by atoms with van der Waals surface area (Å²) in [5.74, 6) is -0.00535. The minimum atomic E-state index is -0.258. The third-order valence-corrected chi connectivity index (χ3v) is 6.38. The van der Waals surface area contributed by atoms with Crippen LogP contribution in [0.25, 0.3) is 16.6 Å². The van der Waals surface area contributed by atoms with E-state index in [0.29, 0.717) is 35.3 Å². The molecule has 0 bridgehead atoms. The minimum absolute atomic E-state index is 0.00535. The summed E-state index contributed by atoms with van der Waals surface area (Å²) < 4.78 is 3.07. The van der Waals surface area contributed by atoms with E-state index in [-0.39, 0.29) is 17.0 Å². The Morgan fingerprint density at radius 2 is 1.82 bits per heavy atom. The fourth-order valence-electron chi connectivity index (χ4n) is 4.16. The van der Waals surface area contributed by atoms with E-state index in [1.54, 1.807) is 23.0 Å². The highest BCUT2D eigenvalue weighted by molar-refractivity contribution is 6.30. The van der Waals surface area contributed by atoms with E-state index in [9.17, 15) is 9.59 Å². The van der Waals surface area contributed by atoms with Crippen molar-refractivity contribution in [2.45, 2.75) is 44.7 Å². The van der Waals surface area contributed by atoms with Crippen LogP contribution in [0.3, 0.4) is 0 Å². The summed E-state index contributed by atoms with van der Waals surface area (Å²) in [5, 5.41) is 13.5. The highest BCUT2D eigenvalue weighted by atomic mass is 35.5. The number of nitrogens with zero attached hydrogens (tertiary/aromatic N) is 4. The number of hydrogen-bond acceptors (Lipinski definition) is 4. The van der Waals surface area contributed by atoms with Crippen molar-refractivity contribution in [1.82, 2.24) is 24.9 Å². The van der Waals surface area contributed by atoms with Crippen LogP contribution in [0.4, 0.5) is 0 Å². The molecule has 0 spiro atoms. The van der Waals surface area contributed by atoms with Crippen LogP contribution < -0.4 is 10.9 Å². The van der Waals surface area contributed by atoms with Crippen LogP contribution in [-0.4, -0.2) is 25.5 Å². The van der Waals surface area contributed by atoms with Gasteiger partial charge < -0.3 is 5.32 Å². The molecule has 0 radical (unpaired) electrons. The number of aromatic nitrogens is 4. The maximum Gasteiger partial charge on any atom is 0.295 e. The fraction of sp³-hybridized carbons (Fsp3) is 0.280. The van der Waals surface area contributed by atoms with Crippen molar-refractivity contribution < 1.29 is 4.79 Å². The maximum atomic E-state index is 13.0. The highest BCUT2D eigenvalue weighted by Gasteiger charge is 2.45. The van der Waals surface area contributed by atoms with Crippen LogP contribution in [0.2, 0.25) is 5.02 Å². The summed E-state index contributed by atoms with van der Waals surface area (Å²) in [6.45, 7) is 2.21. The average molecular weight is 462 g/mol. The largest absolute Gasteiger partial charge is 0.347 e. The topological polar surface area (TPSA) is 81.8 Å². The Kier molecular flexibility index (Phi) is 5.50. The lowest BCUT2D eigenvalue weighted by Gasteiger charge is -2.18. The first kappa shape index (κ1) is 21.4. The van der Waals surface area contributed by atoms with Crippen molar-refractivity contribution in [3.05, 3.63) is 87.4 Å². The second-order valence-corrected chi connectivity index (χ2v) is 8.96. The van der Waals surface area contributed by atoms with Crippen LogP contribution >= 0.6 is 11.6 Å². The molecular weight excluding hydrogens is 438 g/mol. The van der Waals surface area contributed by atoms with Crippen LogP contribution in [0.15, 0.2) is 65.6 Å². The summed E-state index contributed by atoms with van der Waals surface area (Å²) >= 11 is 5.97. The van der Waals surface area contributed by atoms with Gasteiger partial charge in [-0.05, 0) is 56.0 Å². The lowest BCUT2D eigenvalue weighted by Crippen LogP contribution is -2.35. The molecule has 0 unspecified atom stereocenters. The Morgan fingerprint density at radius 3 is 2.52 bits per heavy atom. The Morgan fingerprint density at radius 1 is 1.09 bits per heavy atom. The third-order valence-electron chi connectivity index (χ3n) is 6.13. The monoisotopic (exact) mass is 461 g/mol. The van der Waals surface area contributed by atoms with Crippen LogP contribution in [-0.2, 0) is 16.9 Å². The molecule has 0 atom stereocenters. The molecule has 2 heterocycles. The molecule has 1 N–H and O–H groups in total. The first-order valence-corrected chi connectivity index (χ1v) is 11.4. The number of carbonyl (C=O) groups excluding carboxylic acids is 1. The lowest BCUT2D eigenvalue weighted by atomic mass is 10.0. The summed E-state index contributed by atoms with van der Waals surface area (Å²) in [7, 11) is 0. The van der Waals surface area contributed by atoms with Crippen molar-refractivity contribution in [1.29, 1.82) is 0 Å². The number of carbonyl (C=O) groups is 1. The lowest BCUT2D eigenvalue weighted by molar-refractivity contribution is -0.122. The second-order valence-electron chi connectivity index (χ2n) is 8.53. The molecule has 2 aromatic carbocycles. The quantitative estimate of drug-likeness (QED) is 0.448. The summed E-state index contributed by atoms with van der Waals surface area (Å²) in [5.41, 5.74) is 2.56. The molecule has 2 aromatic heterocycles. The Hall–Kier alpha value is -3.45. The standard InChI is InChI=1S/C25H24ClN5O2/c1-17-21-16-31(20-11-9-19(26)10-12-20)29-23(21)24(33)30(28-17)15-5-8-22(32)27-25(13-14-25)18-6-3-2-4-7-18/h2-4,6-7,9-12,16H,5,8,13-15H2,1H3,(H,27,32). The van der Waals surface area contributed by atoms with Gasteiger partial charge in [0.15, 0.2) is 5.52 Å². The van der Waals surface area contributed by atoms with Crippen molar-refractivity contribution in [2.24, 2.45) is 0 Å². The zero-order valence-corrected chi connectivity index (χ0v) is 19.0. The van der Waals surface area contributed by atoms with Gasteiger partial charge in [0.2, 0.25) is 5.91 Å². The SMILES string of the molecule is Cc1nn(CCCC(=O)NC2(c3ccccc3)CC2)c(=O)c2nn(-c3ccc(Cl)cc3)cc12. The number of amides is 1. The zero-order valence-electron chi connectivity index (χ0n) is 18.3. The molecule has 1 aliphatic rings. The highest BCUT2D eigenvalue weighted by Crippen LogP contribution is 2.45. The zero-order chi connectivity index (χ0) is 23.0. The molecule has 168 valence electrons. The van der Waals surface area contributed by atoms with E-state index < -0.39 is 0 Å². The molecule has 0 aliphatic heterocycles. The second kappa shape index (κ2) is 8.48. The number of fused-ring (bicyclic) bond motifs is 1. The normalized spacial score (nSPS) is 14.4. The van der Waals surface area contributed by atoms with E-state index in [1.165, 1.54) is 4.68 Å². The Balaban J connectivity index is 1.27. The van der Waals surface area contributed by atoms with Gasteiger partial charge in [0.05, 0.1) is 16.9 Å². The van der Waals surface area contributed by atoms with E-state index in [4.69, 9.17) is 11.6 Å². The smallest absolute Gasteiger partial charge is 0.295 e. The van der Waals surface area contributed by atoms with Gasteiger partial charge in [0.1, 0.15) is 0 Å². The number of hydrogen-bond donors (Lipinski definition) is 1. The summed E-state index contributed by atoms with van der Waals surface area (Å²) in [6.07, 6.45) is 4.57. The number of rotatable bonds is 7. The molecule has 4 aromatic rings. The third kappa shape index (κ3) is 4.28. The molecule has 0 saturated heterocycles. The van der Waals surface area contributed by atoms with Gasteiger partial charge in [-0.1, -0.05) is 41.9 Å². The molecular formula is C25H24ClN5O2. The predicted molar refractivity (Wildman–Crippen MR) is 128 cm³/mol. The molecule has 5 rings (SSSR count). The van der Waals surface area contributed by atoms with E-state index in [0.717, 1.165) is 29.8 Å². The van der Waals surface area contributed by atoms with E-state index in [2.05, 4.69) is 27.6 Å². The van der Waals surface area contributed by atoms with Crippen LogP contribution in [0.1, 0.15) is 36.9 Å². The molecule has 1 saturated carbocycles. The van der Waals surface area contributed by atoms with Gasteiger partial charge in [-0.2, -0.15) is 10.2 Å². The van der Waals surface area contributed by atoms with Gasteiger partial charge in [-0.25, -0.2) is 9.36 Å². The van der Waals surface area contributed by atoms with Gasteiger partial charge in [-0.15, -0.1) is 0 Å². The molecule has 1 aliphatic carbocycles. The molecule has 33 heavy (non-hydrogen) atoms. The van der Waals surface area contributed by atoms with Crippen molar-refractivity contribution >= 4 is 28.4 Å². The minimum Gasteiger partial charge on any atom is -0.347 e. The van der Waals surface area contributed by atoms with Crippen molar-refractivity contribution in [2.75, 3.05) is 0 Å². The number of benzene rings is 2. The van der Waals surface area contributed by atoms with Gasteiger partial charge in [0.25, 0.3) is 5.56 Å². The average Bonchev–Trinajstić information content (AvgIpc) is 3.45. The number of aryl methyl sites for hydroxylation is 2. The van der Waals surface area contributed by atoms with Crippen LogP contribution in [0, 0.1) is 6.92 Å².